The second-order valence-electron chi connectivity index (χ2n) is 4.71. The van der Waals surface area contributed by atoms with Gasteiger partial charge in [0.2, 0.25) is 5.91 Å². The number of hydrogen-bond donors (Lipinski definition) is 2. The molecule has 0 spiro atoms. The fraction of sp³-hybridized carbons (Fsp3) is 0.818. The maximum absolute atomic E-state index is 11.6. The highest BCUT2D eigenvalue weighted by Crippen LogP contribution is 2.17. The van der Waals surface area contributed by atoms with Crippen LogP contribution < -0.4 is 5.32 Å². The predicted molar refractivity (Wildman–Crippen MR) is 69.6 cm³/mol. The van der Waals surface area contributed by atoms with E-state index in [1.165, 1.54) is 4.90 Å². The molecule has 0 saturated carbocycles. The maximum Gasteiger partial charge on any atom is 0.317 e. The van der Waals surface area contributed by atoms with E-state index < -0.39 is 15.8 Å². The Labute approximate surface area is 112 Å². The molecule has 1 aliphatic heterocycles. The van der Waals surface area contributed by atoms with E-state index in [-0.39, 0.29) is 36.5 Å². The SMILES string of the molecule is CCCNC(=O)CN(CC(=O)O)C1CCS(=O)(=O)C1. The summed E-state index contributed by atoms with van der Waals surface area (Å²) in [6.45, 7) is 2.05. The number of carboxylic acids is 1. The molecule has 0 aromatic heterocycles. The molecule has 1 heterocycles. The van der Waals surface area contributed by atoms with Crippen molar-refractivity contribution in [2.24, 2.45) is 0 Å². The number of carbonyl (C=O) groups excluding carboxylic acids is 1. The molecule has 0 bridgehead atoms. The van der Waals surface area contributed by atoms with Gasteiger partial charge in [0.25, 0.3) is 0 Å². The van der Waals surface area contributed by atoms with Gasteiger partial charge in [0.05, 0.1) is 24.6 Å². The standard InChI is InChI=1S/C11H20N2O5S/c1-2-4-12-10(14)6-13(7-11(15)16)9-3-5-19(17,18)8-9/h9H,2-8H2,1H3,(H,12,14)(H,15,16). The monoisotopic (exact) mass is 292 g/mol. The van der Waals surface area contributed by atoms with Crippen LogP contribution in [0.2, 0.25) is 0 Å². The number of nitrogens with zero attached hydrogens (tertiary/aromatic N) is 1. The van der Waals surface area contributed by atoms with Gasteiger partial charge in [-0.2, -0.15) is 0 Å². The van der Waals surface area contributed by atoms with Crippen molar-refractivity contribution in [3.63, 3.8) is 0 Å². The number of hydrogen-bond acceptors (Lipinski definition) is 5. The van der Waals surface area contributed by atoms with Crippen molar-refractivity contribution >= 4 is 21.7 Å². The molecular formula is C11H20N2O5S. The molecule has 1 saturated heterocycles. The summed E-state index contributed by atoms with van der Waals surface area (Å²) >= 11 is 0. The molecule has 1 atom stereocenters. The van der Waals surface area contributed by atoms with Gasteiger partial charge in [-0.25, -0.2) is 8.42 Å². The first-order chi connectivity index (χ1) is 8.84. The molecule has 0 aliphatic carbocycles. The van der Waals surface area contributed by atoms with E-state index in [4.69, 9.17) is 5.11 Å². The van der Waals surface area contributed by atoms with E-state index in [0.29, 0.717) is 13.0 Å². The van der Waals surface area contributed by atoms with E-state index >= 15 is 0 Å². The van der Waals surface area contributed by atoms with Gasteiger partial charge < -0.3 is 10.4 Å². The molecule has 1 rings (SSSR count). The summed E-state index contributed by atoms with van der Waals surface area (Å²) in [4.78, 5) is 23.8. The average Bonchev–Trinajstić information content (AvgIpc) is 2.65. The van der Waals surface area contributed by atoms with Gasteiger partial charge in [-0.1, -0.05) is 6.92 Å². The molecule has 0 radical (unpaired) electrons. The van der Waals surface area contributed by atoms with Gasteiger partial charge in [-0.3, -0.25) is 14.5 Å². The second kappa shape index (κ2) is 6.85. The van der Waals surface area contributed by atoms with Crippen molar-refractivity contribution < 1.29 is 23.1 Å². The van der Waals surface area contributed by atoms with E-state index in [9.17, 15) is 18.0 Å². The highest BCUT2D eigenvalue weighted by Gasteiger charge is 2.33. The van der Waals surface area contributed by atoms with Crippen LogP contribution in [0.15, 0.2) is 0 Å². The fourth-order valence-corrected chi connectivity index (χ4v) is 3.82. The quantitative estimate of drug-likeness (QED) is 0.629. The Kier molecular flexibility index (Phi) is 5.74. The van der Waals surface area contributed by atoms with Crippen LogP contribution in [0, 0.1) is 0 Å². The zero-order chi connectivity index (χ0) is 14.5. The van der Waals surface area contributed by atoms with Gasteiger partial charge in [-0.05, 0) is 12.8 Å². The molecule has 2 N–H and O–H groups in total. The Hall–Kier alpha value is -1.15. The Bertz CT molecular complexity index is 434. The molecule has 8 heteroatoms. The normalized spacial score (nSPS) is 21.5. The lowest BCUT2D eigenvalue weighted by Crippen LogP contribution is -2.46. The molecule has 19 heavy (non-hydrogen) atoms. The van der Waals surface area contributed by atoms with Crippen LogP contribution >= 0.6 is 0 Å². The number of nitrogens with one attached hydrogen (secondary N) is 1. The third kappa shape index (κ3) is 5.56. The topological polar surface area (TPSA) is 104 Å². The zero-order valence-electron chi connectivity index (χ0n) is 11.0. The number of rotatable bonds is 7. The first-order valence-corrected chi connectivity index (χ1v) is 8.09. The van der Waals surface area contributed by atoms with Crippen LogP contribution in [0.25, 0.3) is 0 Å². The van der Waals surface area contributed by atoms with Crippen LogP contribution in [0.5, 0.6) is 0 Å². The lowest BCUT2D eigenvalue weighted by atomic mass is 10.2. The summed E-state index contributed by atoms with van der Waals surface area (Å²) in [5.41, 5.74) is 0. The minimum absolute atomic E-state index is 0.0599. The maximum atomic E-state index is 11.6. The summed E-state index contributed by atoms with van der Waals surface area (Å²) in [6, 6.07) is -0.381. The number of amides is 1. The molecule has 1 amide bonds. The molecule has 0 aromatic rings. The number of sulfone groups is 1. The van der Waals surface area contributed by atoms with Crippen LogP contribution in [0.1, 0.15) is 19.8 Å². The van der Waals surface area contributed by atoms with Crippen LogP contribution in [0.3, 0.4) is 0 Å². The molecule has 0 aromatic carbocycles. The fourth-order valence-electron chi connectivity index (χ4n) is 2.06. The number of carbonyl (C=O) groups is 2. The van der Waals surface area contributed by atoms with Crippen molar-refractivity contribution in [2.75, 3.05) is 31.1 Å². The Morgan fingerprint density at radius 2 is 2.05 bits per heavy atom. The lowest BCUT2D eigenvalue weighted by molar-refractivity contribution is -0.139. The first-order valence-electron chi connectivity index (χ1n) is 6.27. The highest BCUT2D eigenvalue weighted by atomic mass is 32.2. The summed E-state index contributed by atoms with van der Waals surface area (Å²) in [5, 5.41) is 11.5. The predicted octanol–water partition coefficient (Wildman–Crippen LogP) is -0.914. The van der Waals surface area contributed by atoms with Gasteiger partial charge in [-0.15, -0.1) is 0 Å². The van der Waals surface area contributed by atoms with Crippen molar-refractivity contribution in [2.45, 2.75) is 25.8 Å². The van der Waals surface area contributed by atoms with Crippen molar-refractivity contribution in [1.82, 2.24) is 10.2 Å². The van der Waals surface area contributed by atoms with Gasteiger partial charge in [0.15, 0.2) is 9.84 Å². The van der Waals surface area contributed by atoms with E-state index in [2.05, 4.69) is 5.32 Å². The minimum Gasteiger partial charge on any atom is -0.480 e. The smallest absolute Gasteiger partial charge is 0.317 e. The van der Waals surface area contributed by atoms with Gasteiger partial charge in [0.1, 0.15) is 0 Å². The first kappa shape index (κ1) is 15.9. The van der Waals surface area contributed by atoms with E-state index in [1.54, 1.807) is 0 Å². The van der Waals surface area contributed by atoms with E-state index in [1.807, 2.05) is 6.92 Å². The second-order valence-corrected chi connectivity index (χ2v) is 6.93. The Balaban J connectivity index is 2.62. The molecule has 110 valence electrons. The van der Waals surface area contributed by atoms with E-state index in [0.717, 1.165) is 6.42 Å². The molecular weight excluding hydrogens is 272 g/mol. The molecule has 1 aliphatic rings. The van der Waals surface area contributed by atoms with Crippen LogP contribution in [-0.4, -0.2) is 67.5 Å². The zero-order valence-corrected chi connectivity index (χ0v) is 11.8. The van der Waals surface area contributed by atoms with Gasteiger partial charge in [0, 0.05) is 12.6 Å². The number of aliphatic carboxylic acids is 1. The van der Waals surface area contributed by atoms with Crippen molar-refractivity contribution in [3.05, 3.63) is 0 Å². The highest BCUT2D eigenvalue weighted by molar-refractivity contribution is 7.91. The molecule has 7 nitrogen and oxygen atoms in total. The molecule has 1 unspecified atom stereocenters. The molecule has 1 fully saturated rings. The summed E-state index contributed by atoms with van der Waals surface area (Å²) < 4.78 is 22.8. The average molecular weight is 292 g/mol. The van der Waals surface area contributed by atoms with Crippen molar-refractivity contribution in [3.8, 4) is 0 Å². The number of carboxylic acid groups (broad SMARTS) is 1. The minimum atomic E-state index is -3.10. The Morgan fingerprint density at radius 1 is 1.37 bits per heavy atom. The third-order valence-electron chi connectivity index (χ3n) is 2.98. The van der Waals surface area contributed by atoms with Crippen molar-refractivity contribution in [1.29, 1.82) is 0 Å². The van der Waals surface area contributed by atoms with Crippen LogP contribution in [0.4, 0.5) is 0 Å². The van der Waals surface area contributed by atoms with Gasteiger partial charge >= 0.3 is 5.97 Å². The largest absolute Gasteiger partial charge is 0.480 e. The lowest BCUT2D eigenvalue weighted by Gasteiger charge is -2.25. The summed E-state index contributed by atoms with van der Waals surface area (Å²) in [5.74, 6) is -1.34. The third-order valence-corrected chi connectivity index (χ3v) is 4.73. The summed E-state index contributed by atoms with van der Waals surface area (Å²) in [6.07, 6.45) is 1.18. The summed E-state index contributed by atoms with van der Waals surface area (Å²) in [7, 11) is -3.10. The Morgan fingerprint density at radius 3 is 2.53 bits per heavy atom. The van der Waals surface area contributed by atoms with Crippen LogP contribution in [-0.2, 0) is 19.4 Å².